The molecule has 0 aromatic heterocycles. The van der Waals surface area contributed by atoms with E-state index in [0.717, 1.165) is 19.0 Å². The van der Waals surface area contributed by atoms with Gasteiger partial charge in [0.1, 0.15) is 0 Å². The van der Waals surface area contributed by atoms with Gasteiger partial charge >= 0.3 is 0 Å². The van der Waals surface area contributed by atoms with Crippen LogP contribution in [0.4, 0.5) is 0 Å². The van der Waals surface area contributed by atoms with Gasteiger partial charge < -0.3 is 5.32 Å². The van der Waals surface area contributed by atoms with Crippen molar-refractivity contribution in [1.29, 1.82) is 0 Å². The normalized spacial score (nSPS) is 17.4. The lowest BCUT2D eigenvalue weighted by atomic mass is 9.79. The molecule has 0 bridgehead atoms. The summed E-state index contributed by atoms with van der Waals surface area (Å²) in [6, 6.07) is 9.52. The van der Waals surface area contributed by atoms with Crippen molar-refractivity contribution in [3.63, 3.8) is 0 Å². The van der Waals surface area contributed by atoms with Crippen LogP contribution in [-0.2, 0) is 5.41 Å². The summed E-state index contributed by atoms with van der Waals surface area (Å²) >= 11 is 0. The van der Waals surface area contributed by atoms with Crippen molar-refractivity contribution >= 4 is 0 Å². The first-order chi connectivity index (χ1) is 9.63. The first kappa shape index (κ1) is 15.6. The lowest BCUT2D eigenvalue weighted by Gasteiger charge is -2.27. The van der Waals surface area contributed by atoms with Crippen molar-refractivity contribution in [3.05, 3.63) is 35.4 Å². The Balaban J connectivity index is 1.99. The second kappa shape index (κ2) is 7.26. The molecule has 1 fully saturated rings. The van der Waals surface area contributed by atoms with Gasteiger partial charge in [0.05, 0.1) is 0 Å². The van der Waals surface area contributed by atoms with E-state index in [2.05, 4.69) is 50.4 Å². The summed E-state index contributed by atoms with van der Waals surface area (Å²) in [5.74, 6) is 0.822. The summed E-state index contributed by atoms with van der Waals surface area (Å²) in [6.45, 7) is 9.07. The fourth-order valence-corrected chi connectivity index (χ4v) is 3.36. The minimum atomic E-state index is 0.271. The zero-order chi connectivity index (χ0) is 14.4. The van der Waals surface area contributed by atoms with E-state index in [9.17, 15) is 0 Å². The van der Waals surface area contributed by atoms with Crippen molar-refractivity contribution in [2.45, 2.75) is 70.6 Å². The van der Waals surface area contributed by atoms with Crippen molar-refractivity contribution in [2.75, 3.05) is 13.1 Å². The molecule has 0 heterocycles. The van der Waals surface area contributed by atoms with Crippen LogP contribution in [0.2, 0.25) is 0 Å². The minimum absolute atomic E-state index is 0.271. The summed E-state index contributed by atoms with van der Waals surface area (Å²) in [6.07, 6.45) is 8.25. The highest BCUT2D eigenvalue weighted by Crippen LogP contribution is 2.34. The van der Waals surface area contributed by atoms with Gasteiger partial charge in [0.15, 0.2) is 0 Å². The number of rotatable bonds is 6. The smallest absolute Gasteiger partial charge is 0.00407 e. The Morgan fingerprint density at radius 3 is 2.30 bits per heavy atom. The Kier molecular flexibility index (Phi) is 5.65. The third-order valence-electron chi connectivity index (χ3n) is 4.95. The second-order valence-corrected chi connectivity index (χ2v) is 6.94. The third kappa shape index (κ3) is 4.09. The zero-order valence-electron chi connectivity index (χ0n) is 13.5. The van der Waals surface area contributed by atoms with E-state index in [4.69, 9.17) is 0 Å². The topological polar surface area (TPSA) is 12.0 Å². The van der Waals surface area contributed by atoms with E-state index in [0.29, 0.717) is 0 Å². The highest BCUT2D eigenvalue weighted by Gasteiger charge is 2.21. The molecule has 0 spiro atoms. The molecular weight excluding hydrogens is 242 g/mol. The molecule has 1 saturated carbocycles. The molecule has 1 aliphatic carbocycles. The van der Waals surface area contributed by atoms with Crippen LogP contribution in [0.5, 0.6) is 0 Å². The van der Waals surface area contributed by atoms with Crippen molar-refractivity contribution in [2.24, 2.45) is 0 Å². The molecule has 0 radical (unpaired) electrons. The van der Waals surface area contributed by atoms with E-state index >= 15 is 0 Å². The average molecular weight is 273 g/mol. The highest BCUT2D eigenvalue weighted by atomic mass is 14.8. The predicted octanol–water partition coefficient (Wildman–Crippen LogP) is 5.01. The molecule has 20 heavy (non-hydrogen) atoms. The molecule has 2 rings (SSSR count). The first-order valence-electron chi connectivity index (χ1n) is 8.44. The zero-order valence-corrected chi connectivity index (χ0v) is 13.5. The molecule has 0 aliphatic heterocycles. The fourth-order valence-electron chi connectivity index (χ4n) is 3.36. The molecule has 1 N–H and O–H groups in total. The Hall–Kier alpha value is -0.820. The van der Waals surface area contributed by atoms with Crippen molar-refractivity contribution < 1.29 is 0 Å². The molecule has 1 aromatic rings. The molecular formula is C19H31N. The Morgan fingerprint density at radius 1 is 1.05 bits per heavy atom. The van der Waals surface area contributed by atoms with Gasteiger partial charge in [0.25, 0.3) is 0 Å². The van der Waals surface area contributed by atoms with E-state index in [-0.39, 0.29) is 5.41 Å². The van der Waals surface area contributed by atoms with Crippen LogP contribution in [-0.4, -0.2) is 13.1 Å². The molecule has 0 amide bonds. The second-order valence-electron chi connectivity index (χ2n) is 6.94. The fraction of sp³-hybridized carbons (Fsp3) is 0.684. The monoisotopic (exact) mass is 273 g/mol. The highest BCUT2D eigenvalue weighted by molar-refractivity contribution is 5.30. The van der Waals surface area contributed by atoms with E-state index in [1.54, 1.807) is 5.56 Å². The van der Waals surface area contributed by atoms with Crippen LogP contribution in [0, 0.1) is 0 Å². The SMILES string of the molecule is CCNCCC(C)(C)c1ccc(C2CCCCC2)cc1. The molecule has 1 aromatic carbocycles. The van der Waals surface area contributed by atoms with Crippen LogP contribution in [0.3, 0.4) is 0 Å². The first-order valence-corrected chi connectivity index (χ1v) is 8.44. The van der Waals surface area contributed by atoms with Gasteiger partial charge in [-0.15, -0.1) is 0 Å². The van der Waals surface area contributed by atoms with Gasteiger partial charge in [0.2, 0.25) is 0 Å². The van der Waals surface area contributed by atoms with E-state index in [1.807, 2.05) is 0 Å². The summed E-state index contributed by atoms with van der Waals surface area (Å²) in [5, 5.41) is 3.44. The number of hydrogen-bond acceptors (Lipinski definition) is 1. The predicted molar refractivity (Wildman–Crippen MR) is 88.5 cm³/mol. The van der Waals surface area contributed by atoms with Crippen molar-refractivity contribution in [1.82, 2.24) is 5.32 Å². The summed E-state index contributed by atoms with van der Waals surface area (Å²) in [4.78, 5) is 0. The van der Waals surface area contributed by atoms with Gasteiger partial charge in [0, 0.05) is 0 Å². The van der Waals surface area contributed by atoms with E-state index < -0.39 is 0 Å². The maximum Gasteiger partial charge on any atom is -0.00407 e. The van der Waals surface area contributed by atoms with Crippen LogP contribution >= 0.6 is 0 Å². The molecule has 0 atom stereocenters. The lowest BCUT2D eigenvalue weighted by Crippen LogP contribution is -2.25. The molecule has 1 nitrogen and oxygen atoms in total. The Labute approximate surface area is 125 Å². The van der Waals surface area contributed by atoms with Gasteiger partial charge in [-0.05, 0) is 54.8 Å². The van der Waals surface area contributed by atoms with Gasteiger partial charge in [-0.25, -0.2) is 0 Å². The maximum atomic E-state index is 3.44. The summed E-state index contributed by atoms with van der Waals surface area (Å²) in [7, 11) is 0. The summed E-state index contributed by atoms with van der Waals surface area (Å²) in [5.41, 5.74) is 3.32. The van der Waals surface area contributed by atoms with Crippen LogP contribution < -0.4 is 5.32 Å². The van der Waals surface area contributed by atoms with E-state index in [1.165, 1.54) is 44.1 Å². The number of nitrogens with one attached hydrogen (secondary N) is 1. The molecule has 0 unspecified atom stereocenters. The molecule has 112 valence electrons. The number of benzene rings is 1. The van der Waals surface area contributed by atoms with Crippen LogP contribution in [0.15, 0.2) is 24.3 Å². The van der Waals surface area contributed by atoms with Gasteiger partial charge in [-0.3, -0.25) is 0 Å². The molecule has 1 heteroatoms. The largest absolute Gasteiger partial charge is 0.317 e. The Bertz CT molecular complexity index is 385. The Morgan fingerprint density at radius 2 is 1.70 bits per heavy atom. The third-order valence-corrected chi connectivity index (χ3v) is 4.95. The van der Waals surface area contributed by atoms with Gasteiger partial charge in [-0.2, -0.15) is 0 Å². The standard InChI is InChI=1S/C19H31N/c1-4-20-15-14-19(2,3)18-12-10-17(11-13-18)16-8-6-5-7-9-16/h10-13,16,20H,4-9,14-15H2,1-3H3. The molecule has 1 aliphatic rings. The van der Waals surface area contributed by atoms with Crippen LogP contribution in [0.25, 0.3) is 0 Å². The quantitative estimate of drug-likeness (QED) is 0.718. The molecule has 0 saturated heterocycles. The maximum absolute atomic E-state index is 3.44. The average Bonchev–Trinajstić information content (AvgIpc) is 2.48. The van der Waals surface area contributed by atoms with Crippen molar-refractivity contribution in [3.8, 4) is 0 Å². The van der Waals surface area contributed by atoms with Crippen LogP contribution in [0.1, 0.15) is 76.3 Å². The van der Waals surface area contributed by atoms with Gasteiger partial charge in [-0.1, -0.05) is 64.3 Å². The lowest BCUT2D eigenvalue weighted by molar-refractivity contribution is 0.442. The number of hydrogen-bond donors (Lipinski definition) is 1. The minimum Gasteiger partial charge on any atom is -0.317 e. The summed E-state index contributed by atoms with van der Waals surface area (Å²) < 4.78 is 0.